The Morgan fingerprint density at radius 3 is 2.61 bits per heavy atom. The highest BCUT2D eigenvalue weighted by Crippen LogP contribution is 2.20. The van der Waals surface area contributed by atoms with Crippen molar-refractivity contribution in [3.05, 3.63) is 47.5 Å². The van der Waals surface area contributed by atoms with Crippen molar-refractivity contribution in [2.45, 2.75) is 26.7 Å². The van der Waals surface area contributed by atoms with E-state index in [1.807, 2.05) is 13.8 Å². The third-order valence-corrected chi connectivity index (χ3v) is 4.54. The van der Waals surface area contributed by atoms with Crippen LogP contribution in [0.5, 0.6) is 5.75 Å². The summed E-state index contributed by atoms with van der Waals surface area (Å²) >= 11 is 0. The second-order valence-corrected chi connectivity index (χ2v) is 6.36. The van der Waals surface area contributed by atoms with E-state index in [4.69, 9.17) is 9.84 Å². The second kappa shape index (κ2) is 8.03. The molecular formula is C19H21N5O4. The van der Waals surface area contributed by atoms with Crippen LogP contribution in [-0.2, 0) is 16.0 Å². The molecule has 0 fully saturated rings. The molecule has 146 valence electrons. The number of aromatic nitrogens is 4. The van der Waals surface area contributed by atoms with Crippen molar-refractivity contribution in [2.24, 2.45) is 0 Å². The van der Waals surface area contributed by atoms with Crippen molar-refractivity contribution in [3.63, 3.8) is 0 Å². The van der Waals surface area contributed by atoms with E-state index in [2.05, 4.69) is 15.1 Å². The number of amides is 1. The zero-order chi connectivity index (χ0) is 20.3. The number of nitrogens with zero attached hydrogens (tertiary/aromatic N) is 5. The van der Waals surface area contributed by atoms with Crippen LogP contribution in [0.1, 0.15) is 23.4 Å². The lowest BCUT2D eigenvalue weighted by atomic mass is 10.1. The van der Waals surface area contributed by atoms with Gasteiger partial charge >= 0.3 is 5.97 Å². The lowest BCUT2D eigenvalue weighted by Gasteiger charge is -2.18. The summed E-state index contributed by atoms with van der Waals surface area (Å²) in [5.41, 5.74) is 3.45. The average Bonchev–Trinajstić information content (AvgIpc) is 3.14. The monoisotopic (exact) mass is 383 g/mol. The Morgan fingerprint density at radius 2 is 1.93 bits per heavy atom. The minimum atomic E-state index is -1.04. The number of benzene rings is 1. The van der Waals surface area contributed by atoms with Crippen LogP contribution in [0.3, 0.4) is 0 Å². The molecule has 0 atom stereocenters. The first-order valence-electron chi connectivity index (χ1n) is 8.74. The fourth-order valence-electron chi connectivity index (χ4n) is 2.97. The lowest BCUT2D eigenvalue weighted by molar-refractivity contribution is -0.139. The van der Waals surface area contributed by atoms with Gasteiger partial charge in [-0.25, -0.2) is 14.3 Å². The molecular weight excluding hydrogens is 362 g/mol. The molecule has 1 aromatic carbocycles. The van der Waals surface area contributed by atoms with Crippen molar-refractivity contribution in [3.8, 4) is 5.75 Å². The predicted molar refractivity (Wildman–Crippen MR) is 102 cm³/mol. The van der Waals surface area contributed by atoms with Gasteiger partial charge in [0.2, 0.25) is 5.91 Å². The van der Waals surface area contributed by atoms with E-state index in [0.29, 0.717) is 30.1 Å². The van der Waals surface area contributed by atoms with Crippen molar-refractivity contribution in [2.75, 3.05) is 18.6 Å². The molecule has 2 aromatic heterocycles. The zero-order valence-corrected chi connectivity index (χ0v) is 15.9. The molecule has 9 heteroatoms. The first-order valence-corrected chi connectivity index (χ1v) is 8.74. The summed E-state index contributed by atoms with van der Waals surface area (Å²) in [4.78, 5) is 33.2. The summed E-state index contributed by atoms with van der Waals surface area (Å²) in [7, 11) is 1.70. The summed E-state index contributed by atoms with van der Waals surface area (Å²) in [5, 5.41) is 12.8. The van der Waals surface area contributed by atoms with Gasteiger partial charge in [-0.1, -0.05) is 0 Å². The smallest absolute Gasteiger partial charge is 0.341 e. The Kier molecular flexibility index (Phi) is 5.53. The lowest BCUT2D eigenvalue weighted by Crippen LogP contribution is -2.26. The molecule has 3 aromatic rings. The molecule has 3 rings (SSSR count). The molecule has 0 saturated carbocycles. The number of aryl methyl sites for hydroxylation is 2. The van der Waals surface area contributed by atoms with Gasteiger partial charge in [0.1, 0.15) is 12.1 Å². The first kappa shape index (κ1) is 19.3. The Labute approximate surface area is 161 Å². The number of carboxylic acids is 1. The maximum absolute atomic E-state index is 12.6. The van der Waals surface area contributed by atoms with Gasteiger partial charge < -0.3 is 14.7 Å². The Balaban J connectivity index is 1.65. The van der Waals surface area contributed by atoms with Crippen molar-refractivity contribution >= 4 is 23.3 Å². The number of fused-ring (bicyclic) bond motifs is 1. The maximum Gasteiger partial charge on any atom is 0.341 e. The van der Waals surface area contributed by atoms with Crippen LogP contribution in [-0.4, -0.2) is 50.2 Å². The maximum atomic E-state index is 12.6. The van der Waals surface area contributed by atoms with Gasteiger partial charge in [-0.05, 0) is 50.1 Å². The highest BCUT2D eigenvalue weighted by Gasteiger charge is 2.15. The topological polar surface area (TPSA) is 110 Å². The molecule has 0 bridgehead atoms. The molecule has 0 radical (unpaired) electrons. The third-order valence-electron chi connectivity index (χ3n) is 4.54. The van der Waals surface area contributed by atoms with Crippen molar-refractivity contribution in [1.82, 2.24) is 19.6 Å². The van der Waals surface area contributed by atoms with E-state index >= 15 is 0 Å². The average molecular weight is 383 g/mol. The number of rotatable bonds is 7. The molecule has 1 N–H and O–H groups in total. The van der Waals surface area contributed by atoms with E-state index in [9.17, 15) is 9.59 Å². The summed E-state index contributed by atoms with van der Waals surface area (Å²) < 4.78 is 6.77. The number of anilines is 1. The Hall–Kier alpha value is -3.49. The van der Waals surface area contributed by atoms with Gasteiger partial charge in [0.05, 0.1) is 0 Å². The van der Waals surface area contributed by atoms with Crippen LogP contribution in [0.15, 0.2) is 30.6 Å². The summed E-state index contributed by atoms with van der Waals surface area (Å²) in [6.45, 7) is 3.44. The molecule has 0 unspecified atom stereocenters. The van der Waals surface area contributed by atoms with E-state index in [1.54, 1.807) is 40.7 Å². The van der Waals surface area contributed by atoms with Crippen LogP contribution in [0.25, 0.3) is 5.78 Å². The minimum Gasteiger partial charge on any atom is -0.482 e. The molecule has 9 nitrogen and oxygen atoms in total. The zero-order valence-electron chi connectivity index (χ0n) is 15.9. The largest absolute Gasteiger partial charge is 0.482 e. The minimum absolute atomic E-state index is 0.0447. The van der Waals surface area contributed by atoms with Crippen molar-refractivity contribution in [1.29, 1.82) is 0 Å². The quantitative estimate of drug-likeness (QED) is 0.662. The van der Waals surface area contributed by atoms with Crippen LogP contribution in [0.4, 0.5) is 5.69 Å². The number of ether oxygens (including phenoxy) is 1. The van der Waals surface area contributed by atoms with Crippen LogP contribution < -0.4 is 9.64 Å². The van der Waals surface area contributed by atoms with Crippen LogP contribution >= 0.6 is 0 Å². The Morgan fingerprint density at radius 1 is 1.21 bits per heavy atom. The first-order chi connectivity index (χ1) is 13.4. The molecule has 0 aliphatic carbocycles. The van der Waals surface area contributed by atoms with Gasteiger partial charge in [-0.15, -0.1) is 0 Å². The van der Waals surface area contributed by atoms with Gasteiger partial charge in [0.15, 0.2) is 6.61 Å². The summed E-state index contributed by atoms with van der Waals surface area (Å²) in [5.74, 6) is -0.102. The molecule has 2 heterocycles. The third kappa shape index (κ3) is 4.08. The van der Waals surface area contributed by atoms with E-state index in [1.165, 1.54) is 6.33 Å². The van der Waals surface area contributed by atoms with Crippen LogP contribution in [0, 0.1) is 13.8 Å². The van der Waals surface area contributed by atoms with Gasteiger partial charge in [-0.3, -0.25) is 4.79 Å². The highest BCUT2D eigenvalue weighted by molar-refractivity contribution is 5.93. The van der Waals surface area contributed by atoms with Gasteiger partial charge in [-0.2, -0.15) is 10.1 Å². The fourth-order valence-corrected chi connectivity index (χ4v) is 2.97. The molecule has 1 amide bonds. The molecule has 0 saturated heterocycles. The van der Waals surface area contributed by atoms with Crippen LogP contribution in [0.2, 0.25) is 0 Å². The molecule has 0 aliphatic rings. The summed E-state index contributed by atoms with van der Waals surface area (Å²) in [6.07, 6.45) is 2.32. The number of carbonyl (C=O) groups excluding carboxylic acids is 1. The van der Waals surface area contributed by atoms with E-state index in [-0.39, 0.29) is 5.91 Å². The Bertz CT molecular complexity index is 1010. The second-order valence-electron chi connectivity index (χ2n) is 6.36. The number of carboxylic acid groups (broad SMARTS) is 1. The number of carbonyl (C=O) groups is 2. The number of aliphatic carboxylic acids is 1. The summed E-state index contributed by atoms with van der Waals surface area (Å²) in [6, 6.07) is 6.71. The molecule has 0 spiro atoms. The normalized spacial score (nSPS) is 10.8. The predicted octanol–water partition coefficient (Wildman–Crippen LogP) is 1.80. The standard InChI is InChI=1S/C19H21N5O4/c1-12-16(13(2)24-19(22-12)20-11-21-24)8-9-17(25)23(3)14-4-6-15(7-5-14)28-10-18(26)27/h4-7,11H,8-10H2,1-3H3,(H,26,27). The molecule has 0 aliphatic heterocycles. The van der Waals surface area contributed by atoms with E-state index < -0.39 is 12.6 Å². The fraction of sp³-hybridized carbons (Fsp3) is 0.316. The SMILES string of the molecule is Cc1nc2ncnn2c(C)c1CCC(=O)N(C)c1ccc(OCC(=O)O)cc1. The van der Waals surface area contributed by atoms with Gasteiger partial charge in [0, 0.05) is 30.5 Å². The molecule has 28 heavy (non-hydrogen) atoms. The highest BCUT2D eigenvalue weighted by atomic mass is 16.5. The van der Waals surface area contributed by atoms with Gasteiger partial charge in [0.25, 0.3) is 5.78 Å². The number of hydrogen-bond donors (Lipinski definition) is 1. The number of hydrogen-bond acceptors (Lipinski definition) is 6. The van der Waals surface area contributed by atoms with E-state index in [0.717, 1.165) is 17.0 Å². The van der Waals surface area contributed by atoms with Crippen molar-refractivity contribution < 1.29 is 19.4 Å².